The van der Waals surface area contributed by atoms with Gasteiger partial charge in [0.1, 0.15) is 11.8 Å². The quantitative estimate of drug-likeness (QED) is 0.281. The first-order chi connectivity index (χ1) is 17.8. The van der Waals surface area contributed by atoms with Crippen LogP contribution in [-0.4, -0.2) is 34.7 Å². The number of hydrogen-bond acceptors (Lipinski definition) is 4. The van der Waals surface area contributed by atoms with E-state index in [0.29, 0.717) is 34.4 Å². The van der Waals surface area contributed by atoms with Crippen molar-refractivity contribution in [2.24, 2.45) is 0 Å². The second-order valence-electron chi connectivity index (χ2n) is 9.08. The fourth-order valence-corrected chi connectivity index (χ4v) is 4.87. The summed E-state index contributed by atoms with van der Waals surface area (Å²) < 4.78 is 10.9. The predicted octanol–water partition coefficient (Wildman–Crippen LogP) is 7.58. The van der Waals surface area contributed by atoms with Crippen molar-refractivity contribution < 1.29 is 19.1 Å². The van der Waals surface area contributed by atoms with Crippen LogP contribution in [0.1, 0.15) is 36.7 Å². The summed E-state index contributed by atoms with van der Waals surface area (Å²) >= 11 is 12.3. The van der Waals surface area contributed by atoms with Crippen molar-refractivity contribution in [2.45, 2.75) is 32.4 Å². The molecule has 1 aliphatic heterocycles. The highest BCUT2D eigenvalue weighted by atomic mass is 35.5. The van der Waals surface area contributed by atoms with Crippen LogP contribution in [0.25, 0.3) is 10.9 Å². The molecular formula is C28H25Cl2N3O4. The minimum absolute atomic E-state index is 0.226. The lowest BCUT2D eigenvalue weighted by Crippen LogP contribution is -2.42. The van der Waals surface area contributed by atoms with Crippen molar-refractivity contribution in [3.63, 3.8) is 0 Å². The van der Waals surface area contributed by atoms with E-state index < -0.39 is 18.2 Å². The summed E-state index contributed by atoms with van der Waals surface area (Å²) in [5.74, 6) is 0.408. The Hall–Kier alpha value is -3.68. The van der Waals surface area contributed by atoms with Crippen molar-refractivity contribution in [3.8, 4) is 5.75 Å². The van der Waals surface area contributed by atoms with Crippen molar-refractivity contribution in [1.29, 1.82) is 0 Å². The number of aromatic nitrogens is 1. The Bertz CT molecular complexity index is 1450. The molecule has 0 aliphatic carbocycles. The monoisotopic (exact) mass is 537 g/mol. The molecule has 3 aromatic carbocycles. The number of halogens is 2. The summed E-state index contributed by atoms with van der Waals surface area (Å²) in [7, 11) is 0. The highest BCUT2D eigenvalue weighted by Crippen LogP contribution is 2.39. The number of carbonyl (C=O) groups excluding carboxylic acids is 2. The predicted molar refractivity (Wildman–Crippen MR) is 145 cm³/mol. The summed E-state index contributed by atoms with van der Waals surface area (Å²) in [6.45, 7) is 4.02. The first-order valence-electron chi connectivity index (χ1n) is 11.9. The highest BCUT2D eigenvalue weighted by Gasteiger charge is 2.35. The zero-order valence-corrected chi connectivity index (χ0v) is 21.8. The van der Waals surface area contributed by atoms with E-state index in [-0.39, 0.29) is 6.10 Å². The fraction of sp³-hybridized carbons (Fsp3) is 0.214. The van der Waals surface area contributed by atoms with Crippen LogP contribution in [0.2, 0.25) is 10.0 Å². The van der Waals surface area contributed by atoms with Crippen LogP contribution >= 0.6 is 23.2 Å². The number of nitrogens with one attached hydrogen (secondary N) is 2. The molecule has 4 aromatic rings. The van der Waals surface area contributed by atoms with E-state index >= 15 is 0 Å². The number of benzene rings is 3. The summed E-state index contributed by atoms with van der Waals surface area (Å²) in [5.41, 5.74) is 4.40. The van der Waals surface area contributed by atoms with Gasteiger partial charge in [-0.2, -0.15) is 0 Å². The molecule has 190 valence electrons. The van der Waals surface area contributed by atoms with Gasteiger partial charge < -0.3 is 14.5 Å². The van der Waals surface area contributed by atoms with Gasteiger partial charge in [-0.05, 0) is 86.0 Å². The van der Waals surface area contributed by atoms with E-state index in [0.717, 1.165) is 27.7 Å². The van der Waals surface area contributed by atoms with Gasteiger partial charge in [0.2, 0.25) is 0 Å². The van der Waals surface area contributed by atoms with Crippen LogP contribution in [0.3, 0.4) is 0 Å². The van der Waals surface area contributed by atoms with Gasteiger partial charge in [-0.15, -0.1) is 0 Å². The summed E-state index contributed by atoms with van der Waals surface area (Å²) in [6.07, 6.45) is -0.584. The van der Waals surface area contributed by atoms with Crippen molar-refractivity contribution in [1.82, 2.24) is 9.88 Å². The standard InChI is InChI=1S/C28H25Cl2N3O4/c1-16(2)36-27(34)31-20-8-3-17(4-9-20)26-25-22(23-15-19(30)7-12-24(23)32-25)13-14-33(26)28(35)37-21-10-5-18(29)6-11-21/h3-12,15-16,26,32H,13-14H2,1-2H3,(H,31,34). The highest BCUT2D eigenvalue weighted by molar-refractivity contribution is 6.31. The molecule has 0 radical (unpaired) electrons. The van der Waals surface area contributed by atoms with Gasteiger partial charge in [-0.25, -0.2) is 9.59 Å². The Morgan fingerprint density at radius 1 is 1.00 bits per heavy atom. The van der Waals surface area contributed by atoms with Crippen LogP contribution in [-0.2, 0) is 11.2 Å². The Kier molecular flexibility index (Phi) is 7.00. The molecule has 1 atom stereocenters. The van der Waals surface area contributed by atoms with E-state index in [9.17, 15) is 9.59 Å². The average molecular weight is 538 g/mol. The van der Waals surface area contributed by atoms with Gasteiger partial charge >= 0.3 is 12.2 Å². The van der Waals surface area contributed by atoms with E-state index in [1.807, 2.05) is 30.3 Å². The largest absolute Gasteiger partial charge is 0.447 e. The van der Waals surface area contributed by atoms with Gasteiger partial charge in [-0.3, -0.25) is 10.2 Å². The lowest BCUT2D eigenvalue weighted by atomic mass is 9.92. The Morgan fingerprint density at radius 3 is 2.41 bits per heavy atom. The van der Waals surface area contributed by atoms with Crippen molar-refractivity contribution in [2.75, 3.05) is 11.9 Å². The molecule has 2 N–H and O–H groups in total. The summed E-state index contributed by atoms with van der Waals surface area (Å²) in [5, 5.41) is 4.97. The third-order valence-electron chi connectivity index (χ3n) is 6.16. The summed E-state index contributed by atoms with van der Waals surface area (Å²) in [6, 6.07) is 19.3. The second-order valence-corrected chi connectivity index (χ2v) is 9.95. The number of H-pyrrole nitrogens is 1. The Morgan fingerprint density at radius 2 is 1.70 bits per heavy atom. The molecule has 1 unspecified atom stereocenters. The molecule has 0 spiro atoms. The zero-order chi connectivity index (χ0) is 26.1. The summed E-state index contributed by atoms with van der Waals surface area (Å²) in [4.78, 5) is 30.6. The van der Waals surface area contributed by atoms with Crippen LogP contribution < -0.4 is 10.1 Å². The number of hydrogen-bond donors (Lipinski definition) is 2. The molecule has 0 fully saturated rings. The maximum absolute atomic E-state index is 13.4. The smallest absolute Gasteiger partial charge is 0.416 e. The molecule has 0 bridgehead atoms. The lowest BCUT2D eigenvalue weighted by molar-refractivity contribution is 0.130. The van der Waals surface area contributed by atoms with E-state index in [1.165, 1.54) is 0 Å². The number of fused-ring (bicyclic) bond motifs is 3. The van der Waals surface area contributed by atoms with Crippen LogP contribution in [0, 0.1) is 0 Å². The van der Waals surface area contributed by atoms with Crippen LogP contribution in [0.5, 0.6) is 5.75 Å². The minimum atomic E-state index is -0.525. The molecule has 0 saturated heterocycles. The number of aromatic amines is 1. The van der Waals surface area contributed by atoms with Gasteiger partial charge in [0.15, 0.2) is 0 Å². The Balaban J connectivity index is 1.50. The molecule has 0 saturated carbocycles. The topological polar surface area (TPSA) is 83.7 Å². The molecule has 1 aromatic heterocycles. The first kappa shape index (κ1) is 25.0. The second kappa shape index (κ2) is 10.4. The van der Waals surface area contributed by atoms with Gasteiger partial charge in [-0.1, -0.05) is 35.3 Å². The maximum atomic E-state index is 13.4. The van der Waals surface area contributed by atoms with Crippen LogP contribution in [0.4, 0.5) is 15.3 Å². The number of anilines is 1. The molecule has 9 heteroatoms. The fourth-order valence-electron chi connectivity index (χ4n) is 4.58. The van der Waals surface area contributed by atoms with E-state index in [2.05, 4.69) is 10.3 Å². The first-order valence-corrected chi connectivity index (χ1v) is 12.7. The Labute approximate surface area is 224 Å². The van der Waals surface area contributed by atoms with Gasteiger partial charge in [0.05, 0.1) is 6.10 Å². The van der Waals surface area contributed by atoms with Crippen molar-refractivity contribution >= 4 is 52.0 Å². The molecule has 7 nitrogen and oxygen atoms in total. The average Bonchev–Trinajstić information content (AvgIpc) is 3.22. The van der Waals surface area contributed by atoms with Gasteiger partial charge in [0, 0.05) is 38.9 Å². The number of rotatable bonds is 4. The van der Waals surface area contributed by atoms with Gasteiger partial charge in [0.25, 0.3) is 0 Å². The maximum Gasteiger partial charge on any atom is 0.416 e. The number of carbonyl (C=O) groups is 2. The molecule has 2 heterocycles. The number of amides is 2. The lowest BCUT2D eigenvalue weighted by Gasteiger charge is -2.35. The molecular weight excluding hydrogens is 513 g/mol. The van der Waals surface area contributed by atoms with E-state index in [4.69, 9.17) is 32.7 Å². The molecule has 1 aliphatic rings. The third-order valence-corrected chi connectivity index (χ3v) is 6.64. The molecule has 2 amide bonds. The third kappa shape index (κ3) is 5.38. The molecule has 37 heavy (non-hydrogen) atoms. The number of nitrogens with zero attached hydrogens (tertiary/aromatic N) is 1. The van der Waals surface area contributed by atoms with Crippen LogP contribution in [0.15, 0.2) is 66.7 Å². The number of ether oxygens (including phenoxy) is 2. The normalized spacial score (nSPS) is 14.9. The zero-order valence-electron chi connectivity index (χ0n) is 20.3. The minimum Gasteiger partial charge on any atom is -0.447 e. The molecule has 5 rings (SSSR count). The van der Waals surface area contributed by atoms with E-state index in [1.54, 1.807) is 55.1 Å². The SMILES string of the molecule is CC(C)OC(=O)Nc1ccc(C2c3[nH]c4ccc(Cl)cc4c3CCN2C(=O)Oc2ccc(Cl)cc2)cc1. The van der Waals surface area contributed by atoms with Crippen molar-refractivity contribution in [3.05, 3.63) is 93.6 Å².